The molecule has 0 heterocycles. The quantitative estimate of drug-likeness (QED) is 0.278. The van der Waals surface area contributed by atoms with E-state index in [2.05, 4.69) is 20.9 Å². The zero-order chi connectivity index (χ0) is 20.4. The topological polar surface area (TPSA) is 74.8 Å². The summed E-state index contributed by atoms with van der Waals surface area (Å²) in [5.74, 6) is 1.40. The lowest BCUT2D eigenvalue weighted by Crippen LogP contribution is -2.39. The highest BCUT2D eigenvalue weighted by molar-refractivity contribution is 14.0. The van der Waals surface area contributed by atoms with Crippen molar-refractivity contribution >= 4 is 47.4 Å². The molecule has 2 rings (SSSR count). The number of ether oxygens (including phenoxy) is 1. The van der Waals surface area contributed by atoms with E-state index < -0.39 is 0 Å². The number of nitrogens with one attached hydrogen (secondary N) is 3. The Morgan fingerprint density at radius 2 is 1.83 bits per heavy atom. The van der Waals surface area contributed by atoms with Gasteiger partial charge < -0.3 is 20.7 Å². The van der Waals surface area contributed by atoms with Crippen molar-refractivity contribution < 1.29 is 9.53 Å². The number of methoxy groups -OCH3 is 1. The van der Waals surface area contributed by atoms with E-state index in [0.717, 1.165) is 35.7 Å². The Bertz CT molecular complexity index is 830. The molecule has 0 atom stereocenters. The smallest absolute Gasteiger partial charge is 0.251 e. The first kappa shape index (κ1) is 25.0. The van der Waals surface area contributed by atoms with Crippen LogP contribution in [0.2, 0.25) is 5.02 Å². The molecule has 0 aliphatic rings. The molecule has 0 bridgehead atoms. The van der Waals surface area contributed by atoms with Crippen molar-refractivity contribution in [2.45, 2.75) is 12.8 Å². The standard InChI is InChI=1S/C21H27ClN4O2.HI/c1-23-20(27)17-6-4-5-15(13-17)9-11-25-21(24-2)26-12-10-16-7-8-18(28-3)14-19(16)22;/h4-8,13-14H,9-12H2,1-3H3,(H,23,27)(H2,24,25,26);1H. The van der Waals surface area contributed by atoms with Gasteiger partial charge in [-0.15, -0.1) is 24.0 Å². The summed E-state index contributed by atoms with van der Waals surface area (Å²) in [4.78, 5) is 16.0. The molecule has 0 saturated heterocycles. The Balaban J connectivity index is 0.00000420. The molecule has 2 aromatic carbocycles. The Morgan fingerprint density at radius 3 is 2.45 bits per heavy atom. The Kier molecular flexibility index (Phi) is 11.5. The Labute approximate surface area is 194 Å². The fourth-order valence-corrected chi connectivity index (χ4v) is 3.00. The summed E-state index contributed by atoms with van der Waals surface area (Å²) in [6.07, 6.45) is 1.56. The van der Waals surface area contributed by atoms with Crippen molar-refractivity contribution in [2.24, 2.45) is 4.99 Å². The second-order valence-electron chi connectivity index (χ2n) is 6.16. The van der Waals surface area contributed by atoms with E-state index in [9.17, 15) is 4.79 Å². The molecule has 0 unspecified atom stereocenters. The van der Waals surface area contributed by atoms with Gasteiger partial charge in [-0.05, 0) is 48.2 Å². The average Bonchev–Trinajstić information content (AvgIpc) is 2.73. The van der Waals surface area contributed by atoms with Crippen molar-refractivity contribution in [1.29, 1.82) is 0 Å². The first-order valence-electron chi connectivity index (χ1n) is 9.15. The van der Waals surface area contributed by atoms with Crippen LogP contribution in [-0.4, -0.2) is 46.2 Å². The summed E-state index contributed by atoms with van der Waals surface area (Å²) in [6, 6.07) is 13.3. The van der Waals surface area contributed by atoms with E-state index in [4.69, 9.17) is 16.3 Å². The highest BCUT2D eigenvalue weighted by Gasteiger charge is 2.05. The number of nitrogens with zero attached hydrogens (tertiary/aromatic N) is 1. The van der Waals surface area contributed by atoms with E-state index in [-0.39, 0.29) is 29.9 Å². The normalized spacial score (nSPS) is 10.7. The summed E-state index contributed by atoms with van der Waals surface area (Å²) >= 11 is 6.27. The van der Waals surface area contributed by atoms with Crippen LogP contribution < -0.4 is 20.7 Å². The van der Waals surface area contributed by atoms with E-state index in [0.29, 0.717) is 23.7 Å². The molecule has 0 aliphatic heterocycles. The lowest BCUT2D eigenvalue weighted by molar-refractivity contribution is 0.0963. The summed E-state index contributed by atoms with van der Waals surface area (Å²) < 4.78 is 5.17. The van der Waals surface area contributed by atoms with Gasteiger partial charge in [-0.3, -0.25) is 9.79 Å². The predicted molar refractivity (Wildman–Crippen MR) is 130 cm³/mol. The molecule has 0 radical (unpaired) electrons. The van der Waals surface area contributed by atoms with Crippen LogP contribution in [0.15, 0.2) is 47.5 Å². The van der Waals surface area contributed by atoms with Crippen LogP contribution in [-0.2, 0) is 12.8 Å². The van der Waals surface area contributed by atoms with Gasteiger partial charge in [-0.25, -0.2) is 0 Å². The molecule has 8 heteroatoms. The Hall–Kier alpha value is -2.00. The van der Waals surface area contributed by atoms with E-state index in [1.165, 1.54) is 0 Å². The molecule has 158 valence electrons. The van der Waals surface area contributed by atoms with Gasteiger partial charge in [0.15, 0.2) is 5.96 Å². The summed E-state index contributed by atoms with van der Waals surface area (Å²) in [5, 5.41) is 9.90. The Morgan fingerprint density at radius 1 is 1.10 bits per heavy atom. The van der Waals surface area contributed by atoms with E-state index >= 15 is 0 Å². The van der Waals surface area contributed by atoms with Gasteiger partial charge in [0.1, 0.15) is 5.75 Å². The summed E-state index contributed by atoms with van der Waals surface area (Å²) in [6.45, 7) is 1.41. The number of rotatable bonds is 8. The number of guanidine groups is 1. The molecule has 6 nitrogen and oxygen atoms in total. The van der Waals surface area contributed by atoms with Crippen molar-refractivity contribution in [2.75, 3.05) is 34.3 Å². The third kappa shape index (κ3) is 8.10. The molecule has 0 saturated carbocycles. The molecule has 2 aromatic rings. The molecule has 3 N–H and O–H groups in total. The minimum absolute atomic E-state index is 0. The van der Waals surface area contributed by atoms with E-state index in [1.54, 1.807) is 27.3 Å². The largest absolute Gasteiger partial charge is 0.497 e. The van der Waals surface area contributed by atoms with Gasteiger partial charge in [0, 0.05) is 37.8 Å². The van der Waals surface area contributed by atoms with Crippen LogP contribution in [0.3, 0.4) is 0 Å². The molecule has 0 spiro atoms. The first-order chi connectivity index (χ1) is 13.6. The molecule has 29 heavy (non-hydrogen) atoms. The number of hydrogen-bond acceptors (Lipinski definition) is 3. The minimum atomic E-state index is -0.0792. The molecule has 0 aromatic heterocycles. The minimum Gasteiger partial charge on any atom is -0.497 e. The number of carbonyl (C=O) groups excluding carboxylic acids is 1. The maximum Gasteiger partial charge on any atom is 0.251 e. The monoisotopic (exact) mass is 530 g/mol. The van der Waals surface area contributed by atoms with Gasteiger partial charge in [-0.2, -0.15) is 0 Å². The average molecular weight is 531 g/mol. The van der Waals surface area contributed by atoms with Crippen molar-refractivity contribution in [3.63, 3.8) is 0 Å². The van der Waals surface area contributed by atoms with Gasteiger partial charge in [0.05, 0.1) is 7.11 Å². The van der Waals surface area contributed by atoms with Gasteiger partial charge in [0.2, 0.25) is 0 Å². The van der Waals surface area contributed by atoms with Crippen LogP contribution in [0.1, 0.15) is 21.5 Å². The second-order valence-corrected chi connectivity index (χ2v) is 6.57. The molecular weight excluding hydrogens is 503 g/mol. The van der Waals surface area contributed by atoms with Gasteiger partial charge >= 0.3 is 0 Å². The number of hydrogen-bond donors (Lipinski definition) is 3. The maximum atomic E-state index is 11.7. The van der Waals surface area contributed by atoms with Crippen LogP contribution >= 0.6 is 35.6 Å². The lowest BCUT2D eigenvalue weighted by atomic mass is 10.1. The molecular formula is C21H28ClIN4O2. The molecule has 0 fully saturated rings. The number of aliphatic imine (C=N–C) groups is 1. The third-order valence-electron chi connectivity index (χ3n) is 4.29. The lowest BCUT2D eigenvalue weighted by Gasteiger charge is -2.13. The highest BCUT2D eigenvalue weighted by Crippen LogP contribution is 2.22. The SMILES string of the molecule is CN=C(NCCc1cccc(C(=O)NC)c1)NCCc1ccc(OC)cc1Cl.I. The first-order valence-corrected chi connectivity index (χ1v) is 9.53. The van der Waals surface area contributed by atoms with E-state index in [1.807, 2.05) is 36.4 Å². The fourth-order valence-electron chi connectivity index (χ4n) is 2.73. The predicted octanol–water partition coefficient (Wildman–Crippen LogP) is 3.28. The number of carbonyl (C=O) groups is 1. The van der Waals surface area contributed by atoms with Gasteiger partial charge in [-0.1, -0.05) is 29.8 Å². The zero-order valence-corrected chi connectivity index (χ0v) is 20.0. The van der Waals surface area contributed by atoms with Crippen LogP contribution in [0.5, 0.6) is 5.75 Å². The van der Waals surface area contributed by atoms with Crippen LogP contribution in [0, 0.1) is 0 Å². The molecule has 1 amide bonds. The fraction of sp³-hybridized carbons (Fsp3) is 0.333. The maximum absolute atomic E-state index is 11.7. The van der Waals surface area contributed by atoms with Crippen molar-refractivity contribution in [3.05, 3.63) is 64.2 Å². The third-order valence-corrected chi connectivity index (χ3v) is 4.64. The summed E-state index contributed by atoms with van der Waals surface area (Å²) in [5.41, 5.74) is 2.81. The van der Waals surface area contributed by atoms with Crippen LogP contribution in [0.4, 0.5) is 0 Å². The van der Waals surface area contributed by atoms with Gasteiger partial charge in [0.25, 0.3) is 5.91 Å². The highest BCUT2D eigenvalue weighted by atomic mass is 127. The number of benzene rings is 2. The summed E-state index contributed by atoms with van der Waals surface area (Å²) in [7, 11) is 4.99. The molecule has 0 aliphatic carbocycles. The van der Waals surface area contributed by atoms with Crippen molar-refractivity contribution in [1.82, 2.24) is 16.0 Å². The second kappa shape index (κ2) is 13.3. The zero-order valence-electron chi connectivity index (χ0n) is 16.9. The van der Waals surface area contributed by atoms with Crippen molar-refractivity contribution in [3.8, 4) is 5.75 Å². The number of halogens is 2. The van der Waals surface area contributed by atoms with Crippen LogP contribution in [0.25, 0.3) is 0 Å². The number of amides is 1.